The van der Waals surface area contributed by atoms with E-state index in [-0.39, 0.29) is 11.9 Å². The van der Waals surface area contributed by atoms with E-state index >= 15 is 0 Å². The lowest BCUT2D eigenvalue weighted by molar-refractivity contribution is -0.138. The third kappa shape index (κ3) is 0.842. The number of alkyl halides is 1. The van der Waals surface area contributed by atoms with Gasteiger partial charge in [0.1, 0.15) is 0 Å². The van der Waals surface area contributed by atoms with Crippen LogP contribution < -0.4 is 0 Å². The number of hydrogen-bond donors (Lipinski definition) is 0. The highest BCUT2D eigenvalue weighted by Gasteiger charge is 2.19. The molecular formula is C5H5ClO2. The number of carbonyl (C=O) groups excluding carboxylic acids is 1. The van der Waals surface area contributed by atoms with Crippen molar-refractivity contribution in [3.8, 4) is 0 Å². The Hall–Kier alpha value is -0.500. The maximum absolute atomic E-state index is 10.4. The molecule has 1 atom stereocenters. The number of halogens is 1. The lowest BCUT2D eigenvalue weighted by atomic mass is 10.2. The van der Waals surface area contributed by atoms with Crippen molar-refractivity contribution in [2.75, 3.05) is 5.88 Å². The van der Waals surface area contributed by atoms with Crippen LogP contribution in [0, 0.1) is 5.92 Å². The SMILES string of the molecule is O=C1OC=CC1CCl. The number of carbonyl (C=O) groups is 1. The normalized spacial score (nSPS) is 26.1. The van der Waals surface area contributed by atoms with Gasteiger partial charge in [-0.2, -0.15) is 0 Å². The Bertz CT molecular complexity index is 130. The van der Waals surface area contributed by atoms with E-state index in [0.717, 1.165) is 0 Å². The molecule has 1 rings (SSSR count). The third-order valence-corrected chi connectivity index (χ3v) is 1.30. The van der Waals surface area contributed by atoms with Crippen LogP contribution in [-0.2, 0) is 9.53 Å². The highest BCUT2D eigenvalue weighted by molar-refractivity contribution is 6.19. The Labute approximate surface area is 52.1 Å². The molecule has 0 amide bonds. The standard InChI is InChI=1S/C5H5ClO2/c6-3-4-1-2-8-5(4)7/h1-2,4H,3H2. The molecule has 0 spiro atoms. The fourth-order valence-corrected chi connectivity index (χ4v) is 0.710. The Balaban J connectivity index is 2.53. The molecule has 1 aliphatic rings. The van der Waals surface area contributed by atoms with Gasteiger partial charge in [-0.25, -0.2) is 0 Å². The Kier molecular flexibility index (Phi) is 1.53. The van der Waals surface area contributed by atoms with E-state index in [1.54, 1.807) is 6.08 Å². The first-order chi connectivity index (χ1) is 3.84. The van der Waals surface area contributed by atoms with Gasteiger partial charge in [-0.3, -0.25) is 4.79 Å². The lowest BCUT2D eigenvalue weighted by Crippen LogP contribution is -2.08. The highest BCUT2D eigenvalue weighted by atomic mass is 35.5. The van der Waals surface area contributed by atoms with E-state index in [2.05, 4.69) is 4.74 Å². The van der Waals surface area contributed by atoms with Crippen molar-refractivity contribution < 1.29 is 9.53 Å². The molecule has 1 heterocycles. The smallest absolute Gasteiger partial charge is 0.318 e. The molecule has 1 unspecified atom stereocenters. The zero-order valence-electron chi connectivity index (χ0n) is 4.13. The summed E-state index contributed by atoms with van der Waals surface area (Å²) in [6, 6.07) is 0. The number of hydrogen-bond acceptors (Lipinski definition) is 2. The topological polar surface area (TPSA) is 26.3 Å². The maximum Gasteiger partial charge on any atom is 0.318 e. The summed E-state index contributed by atoms with van der Waals surface area (Å²) in [4.78, 5) is 10.4. The first-order valence-electron chi connectivity index (χ1n) is 2.27. The summed E-state index contributed by atoms with van der Waals surface area (Å²) in [6.45, 7) is 0. The van der Waals surface area contributed by atoms with Crippen LogP contribution in [-0.4, -0.2) is 11.8 Å². The van der Waals surface area contributed by atoms with Gasteiger partial charge in [-0.1, -0.05) is 0 Å². The van der Waals surface area contributed by atoms with Gasteiger partial charge in [0.05, 0.1) is 12.2 Å². The molecule has 3 heteroatoms. The molecule has 1 aliphatic heterocycles. The summed E-state index contributed by atoms with van der Waals surface area (Å²) >= 11 is 5.35. The summed E-state index contributed by atoms with van der Waals surface area (Å²) in [5, 5.41) is 0. The molecule has 44 valence electrons. The molecule has 0 aromatic heterocycles. The van der Waals surface area contributed by atoms with Gasteiger partial charge in [0.25, 0.3) is 0 Å². The van der Waals surface area contributed by atoms with E-state index < -0.39 is 0 Å². The van der Waals surface area contributed by atoms with Gasteiger partial charge < -0.3 is 4.74 Å². The van der Waals surface area contributed by atoms with E-state index in [1.165, 1.54) is 6.26 Å². The van der Waals surface area contributed by atoms with Crippen LogP contribution in [0.1, 0.15) is 0 Å². The van der Waals surface area contributed by atoms with Gasteiger partial charge in [0.2, 0.25) is 0 Å². The average Bonchev–Trinajstić information content (AvgIpc) is 2.14. The molecule has 2 nitrogen and oxygen atoms in total. The Morgan fingerprint density at radius 3 is 2.88 bits per heavy atom. The Morgan fingerprint density at radius 2 is 2.62 bits per heavy atom. The molecule has 0 N–H and O–H groups in total. The minimum absolute atomic E-state index is 0.211. The molecule has 0 saturated heterocycles. The predicted octanol–water partition coefficient (Wildman–Crippen LogP) is 0.912. The second-order valence-electron chi connectivity index (χ2n) is 1.53. The van der Waals surface area contributed by atoms with Crippen molar-refractivity contribution in [3.63, 3.8) is 0 Å². The fraction of sp³-hybridized carbons (Fsp3) is 0.400. The zero-order valence-corrected chi connectivity index (χ0v) is 4.89. The quantitative estimate of drug-likeness (QED) is 0.392. The second-order valence-corrected chi connectivity index (χ2v) is 1.83. The van der Waals surface area contributed by atoms with E-state index in [1.807, 2.05) is 0 Å². The van der Waals surface area contributed by atoms with Crippen LogP contribution >= 0.6 is 11.6 Å². The van der Waals surface area contributed by atoms with Crippen molar-refractivity contribution in [3.05, 3.63) is 12.3 Å². The summed E-state index contributed by atoms with van der Waals surface area (Å²) in [6.07, 6.45) is 3.02. The molecule has 0 aromatic carbocycles. The van der Waals surface area contributed by atoms with E-state index in [9.17, 15) is 4.79 Å². The first kappa shape index (κ1) is 5.63. The predicted molar refractivity (Wildman–Crippen MR) is 29.4 cm³/mol. The van der Waals surface area contributed by atoms with Crippen molar-refractivity contribution in [1.29, 1.82) is 0 Å². The summed E-state index contributed by atoms with van der Waals surface area (Å²) in [7, 11) is 0. The van der Waals surface area contributed by atoms with Crippen LogP contribution in [0.4, 0.5) is 0 Å². The van der Waals surface area contributed by atoms with Crippen LogP contribution in [0.15, 0.2) is 12.3 Å². The molecule has 0 aromatic rings. The molecule has 0 saturated carbocycles. The summed E-state index contributed by atoms with van der Waals surface area (Å²) in [5.74, 6) is -0.147. The monoisotopic (exact) mass is 132 g/mol. The molecule has 0 bridgehead atoms. The summed E-state index contributed by atoms with van der Waals surface area (Å²) < 4.78 is 4.45. The summed E-state index contributed by atoms with van der Waals surface area (Å²) in [5.41, 5.74) is 0. The van der Waals surface area contributed by atoms with Crippen molar-refractivity contribution in [1.82, 2.24) is 0 Å². The van der Waals surface area contributed by atoms with Crippen LogP contribution in [0.5, 0.6) is 0 Å². The number of cyclic esters (lactones) is 1. The average molecular weight is 133 g/mol. The number of ether oxygens (including phenoxy) is 1. The second kappa shape index (κ2) is 2.18. The molecule has 0 aliphatic carbocycles. The zero-order chi connectivity index (χ0) is 5.98. The fourth-order valence-electron chi connectivity index (χ4n) is 0.482. The molecular weight excluding hydrogens is 128 g/mol. The molecule has 8 heavy (non-hydrogen) atoms. The van der Waals surface area contributed by atoms with Gasteiger partial charge in [0.15, 0.2) is 0 Å². The number of esters is 1. The minimum Gasteiger partial charge on any atom is -0.434 e. The van der Waals surface area contributed by atoms with Gasteiger partial charge in [0, 0.05) is 5.88 Å². The largest absolute Gasteiger partial charge is 0.434 e. The van der Waals surface area contributed by atoms with Gasteiger partial charge in [-0.15, -0.1) is 11.6 Å². The minimum atomic E-state index is -0.250. The van der Waals surface area contributed by atoms with E-state index in [0.29, 0.717) is 5.88 Å². The molecule has 0 radical (unpaired) electrons. The van der Waals surface area contributed by atoms with Crippen molar-refractivity contribution in [2.45, 2.75) is 0 Å². The molecule has 0 fully saturated rings. The lowest BCUT2D eigenvalue weighted by Gasteiger charge is -1.94. The van der Waals surface area contributed by atoms with Crippen LogP contribution in [0.2, 0.25) is 0 Å². The Morgan fingerprint density at radius 1 is 1.88 bits per heavy atom. The van der Waals surface area contributed by atoms with Crippen molar-refractivity contribution >= 4 is 17.6 Å². The highest BCUT2D eigenvalue weighted by Crippen LogP contribution is 2.10. The maximum atomic E-state index is 10.4. The van der Waals surface area contributed by atoms with Crippen molar-refractivity contribution in [2.24, 2.45) is 5.92 Å². The van der Waals surface area contributed by atoms with Crippen LogP contribution in [0.25, 0.3) is 0 Å². The van der Waals surface area contributed by atoms with Gasteiger partial charge >= 0.3 is 5.97 Å². The van der Waals surface area contributed by atoms with Crippen LogP contribution in [0.3, 0.4) is 0 Å². The number of rotatable bonds is 1. The first-order valence-corrected chi connectivity index (χ1v) is 2.81. The van der Waals surface area contributed by atoms with Gasteiger partial charge in [-0.05, 0) is 6.08 Å². The third-order valence-electron chi connectivity index (χ3n) is 0.964. The van der Waals surface area contributed by atoms with E-state index in [4.69, 9.17) is 11.6 Å².